The van der Waals surface area contributed by atoms with E-state index < -0.39 is 0 Å². The lowest BCUT2D eigenvalue weighted by Gasteiger charge is -2.35. The number of H-pyrrole nitrogens is 1. The van der Waals surface area contributed by atoms with Crippen LogP contribution in [0.2, 0.25) is 0 Å². The van der Waals surface area contributed by atoms with Crippen molar-refractivity contribution in [2.24, 2.45) is 5.92 Å². The fourth-order valence-corrected chi connectivity index (χ4v) is 5.41. The largest absolute Gasteiger partial charge is 0.357 e. The van der Waals surface area contributed by atoms with E-state index in [9.17, 15) is 10.1 Å². The molecule has 1 fully saturated rings. The number of hydrogen-bond acceptors (Lipinski definition) is 3. The molecule has 32 heavy (non-hydrogen) atoms. The van der Waals surface area contributed by atoms with Crippen molar-refractivity contribution in [2.75, 3.05) is 13.1 Å². The number of nitriles is 1. The van der Waals surface area contributed by atoms with E-state index in [1.165, 1.54) is 31.5 Å². The van der Waals surface area contributed by atoms with Gasteiger partial charge in [0.25, 0.3) is 0 Å². The van der Waals surface area contributed by atoms with Crippen molar-refractivity contribution in [3.8, 4) is 6.07 Å². The van der Waals surface area contributed by atoms with Crippen LogP contribution in [-0.4, -0.2) is 34.8 Å². The standard InChI is InChI=1S/C28H35N3O/c1-17(2)31-11-9-20(10-12-31)13-18(3)14-23-19(4)28(5,6)27-25(26(23)32)22-8-7-21(16-29)15-24(22)30-27/h7-8,14-15,17,20,30H,9-13H2,1-6H3/b18-14+. The molecule has 2 heterocycles. The maximum Gasteiger partial charge on any atom is 0.195 e. The summed E-state index contributed by atoms with van der Waals surface area (Å²) in [5, 5.41) is 10.2. The Balaban J connectivity index is 1.64. The predicted octanol–water partition coefficient (Wildman–Crippen LogP) is 6.29. The summed E-state index contributed by atoms with van der Waals surface area (Å²) in [5.41, 5.74) is 6.16. The van der Waals surface area contributed by atoms with E-state index in [-0.39, 0.29) is 11.2 Å². The summed E-state index contributed by atoms with van der Waals surface area (Å²) in [6.07, 6.45) is 5.67. The fourth-order valence-electron chi connectivity index (χ4n) is 5.41. The average molecular weight is 430 g/mol. The maximum absolute atomic E-state index is 13.7. The molecule has 0 unspecified atom stereocenters. The third kappa shape index (κ3) is 3.84. The molecule has 1 aliphatic heterocycles. The zero-order chi connectivity index (χ0) is 23.2. The number of carbonyl (C=O) groups excluding carboxylic acids is 1. The van der Waals surface area contributed by atoms with Crippen LogP contribution in [0.3, 0.4) is 0 Å². The number of nitrogens with one attached hydrogen (secondary N) is 1. The van der Waals surface area contributed by atoms with Gasteiger partial charge in [0, 0.05) is 33.6 Å². The Morgan fingerprint density at radius 3 is 2.62 bits per heavy atom. The van der Waals surface area contributed by atoms with Crippen LogP contribution in [0.4, 0.5) is 0 Å². The lowest BCUT2D eigenvalue weighted by atomic mass is 9.71. The summed E-state index contributed by atoms with van der Waals surface area (Å²) >= 11 is 0. The highest BCUT2D eigenvalue weighted by Crippen LogP contribution is 2.44. The molecule has 0 bridgehead atoms. The molecule has 0 spiro atoms. The van der Waals surface area contributed by atoms with Crippen molar-refractivity contribution >= 4 is 16.7 Å². The molecule has 1 saturated heterocycles. The summed E-state index contributed by atoms with van der Waals surface area (Å²) in [4.78, 5) is 19.7. The van der Waals surface area contributed by atoms with Crippen LogP contribution >= 0.6 is 0 Å². The van der Waals surface area contributed by atoms with E-state index in [0.29, 0.717) is 17.5 Å². The molecule has 4 rings (SSSR count). The Labute approximate surface area is 192 Å². The molecule has 1 aromatic carbocycles. The molecule has 1 aliphatic carbocycles. The number of fused-ring (bicyclic) bond motifs is 3. The highest BCUT2D eigenvalue weighted by molar-refractivity contribution is 6.20. The molecule has 2 aliphatic rings. The maximum atomic E-state index is 13.7. The molecule has 0 atom stereocenters. The second kappa shape index (κ2) is 8.37. The van der Waals surface area contributed by atoms with Crippen LogP contribution in [-0.2, 0) is 5.41 Å². The number of hydrogen-bond donors (Lipinski definition) is 1. The van der Waals surface area contributed by atoms with E-state index in [0.717, 1.165) is 39.7 Å². The summed E-state index contributed by atoms with van der Waals surface area (Å²) in [6, 6.07) is 8.37. The van der Waals surface area contributed by atoms with Crippen LogP contribution in [0.25, 0.3) is 10.9 Å². The predicted molar refractivity (Wildman–Crippen MR) is 131 cm³/mol. The van der Waals surface area contributed by atoms with Crippen molar-refractivity contribution in [3.05, 3.63) is 57.8 Å². The smallest absolute Gasteiger partial charge is 0.195 e. The van der Waals surface area contributed by atoms with Crippen LogP contribution in [0.5, 0.6) is 0 Å². The zero-order valence-corrected chi connectivity index (χ0v) is 20.3. The van der Waals surface area contributed by atoms with E-state index in [1.54, 1.807) is 6.07 Å². The number of nitrogens with zero attached hydrogens (tertiary/aromatic N) is 2. The van der Waals surface area contributed by atoms with E-state index >= 15 is 0 Å². The second-order valence-corrected chi connectivity index (χ2v) is 10.5. The van der Waals surface area contributed by atoms with Gasteiger partial charge in [-0.25, -0.2) is 0 Å². The number of aromatic nitrogens is 1. The Morgan fingerprint density at radius 1 is 1.31 bits per heavy atom. The van der Waals surface area contributed by atoms with Gasteiger partial charge < -0.3 is 9.88 Å². The highest BCUT2D eigenvalue weighted by atomic mass is 16.1. The van der Waals surface area contributed by atoms with E-state index in [4.69, 9.17) is 0 Å². The van der Waals surface area contributed by atoms with E-state index in [1.807, 2.05) is 12.1 Å². The van der Waals surface area contributed by atoms with Gasteiger partial charge in [0.05, 0.1) is 17.2 Å². The lowest BCUT2D eigenvalue weighted by molar-refractivity contribution is 0.103. The minimum absolute atomic E-state index is 0.0989. The molecular formula is C28H35N3O. The number of likely N-dealkylation sites (tertiary alicyclic amines) is 1. The zero-order valence-electron chi connectivity index (χ0n) is 20.3. The van der Waals surface area contributed by atoms with Crippen LogP contribution < -0.4 is 0 Å². The van der Waals surface area contributed by atoms with Gasteiger partial charge in [0.2, 0.25) is 0 Å². The Hall–Kier alpha value is -2.64. The summed E-state index contributed by atoms with van der Waals surface area (Å²) in [6.45, 7) is 15.5. The molecule has 168 valence electrons. The SMILES string of the molecule is CC1=C(/C=C(\C)CC2CCN(C(C)C)CC2)C(=O)c2c([nH]c3cc(C#N)ccc23)C1(C)C. The topological polar surface area (TPSA) is 59.9 Å². The van der Waals surface area contributed by atoms with Gasteiger partial charge in [0.15, 0.2) is 5.78 Å². The number of carbonyl (C=O) groups is 1. The molecule has 4 heteroatoms. The van der Waals surface area contributed by atoms with Crippen molar-refractivity contribution in [2.45, 2.75) is 72.3 Å². The van der Waals surface area contributed by atoms with Gasteiger partial charge in [-0.15, -0.1) is 0 Å². The number of allylic oxidation sites excluding steroid dienone is 4. The first-order chi connectivity index (χ1) is 15.1. The van der Waals surface area contributed by atoms with E-state index in [2.05, 4.69) is 63.6 Å². The van der Waals surface area contributed by atoms with Crippen molar-refractivity contribution in [3.63, 3.8) is 0 Å². The quantitative estimate of drug-likeness (QED) is 0.621. The Bertz CT molecular complexity index is 1160. The van der Waals surface area contributed by atoms with Crippen molar-refractivity contribution < 1.29 is 4.79 Å². The number of ketones is 1. The monoisotopic (exact) mass is 429 g/mol. The first kappa shape index (κ1) is 22.6. The van der Waals surface area contributed by atoms with Gasteiger partial charge in [-0.1, -0.05) is 37.1 Å². The van der Waals surface area contributed by atoms with Crippen molar-refractivity contribution in [1.82, 2.24) is 9.88 Å². The van der Waals surface area contributed by atoms with Crippen LogP contribution in [0.1, 0.15) is 82.4 Å². The molecule has 1 aromatic heterocycles. The van der Waals surface area contributed by atoms with Gasteiger partial charge in [-0.2, -0.15) is 5.26 Å². The van der Waals surface area contributed by atoms with Gasteiger partial charge in [0.1, 0.15) is 0 Å². The second-order valence-electron chi connectivity index (χ2n) is 10.5. The average Bonchev–Trinajstić information content (AvgIpc) is 3.16. The molecule has 2 aromatic rings. The minimum atomic E-state index is -0.274. The fraction of sp³-hybridized carbons (Fsp3) is 0.500. The number of Topliss-reactive ketones (excluding diaryl/α,β-unsaturated/α-hetero) is 1. The summed E-state index contributed by atoms with van der Waals surface area (Å²) < 4.78 is 0. The van der Waals surface area contributed by atoms with Gasteiger partial charge in [-0.05, 0) is 78.1 Å². The molecule has 0 saturated carbocycles. The molecule has 4 nitrogen and oxygen atoms in total. The van der Waals surface area contributed by atoms with Crippen LogP contribution in [0, 0.1) is 17.2 Å². The molecule has 1 N–H and O–H groups in total. The van der Waals surface area contributed by atoms with Crippen molar-refractivity contribution in [1.29, 1.82) is 5.26 Å². The Morgan fingerprint density at radius 2 is 2.00 bits per heavy atom. The minimum Gasteiger partial charge on any atom is -0.357 e. The summed E-state index contributed by atoms with van der Waals surface area (Å²) in [7, 11) is 0. The number of piperidine rings is 1. The number of aromatic amines is 1. The molecule has 0 amide bonds. The first-order valence-corrected chi connectivity index (χ1v) is 11.9. The molecular weight excluding hydrogens is 394 g/mol. The summed E-state index contributed by atoms with van der Waals surface area (Å²) in [5.74, 6) is 0.795. The third-order valence-electron chi connectivity index (χ3n) is 7.75. The number of benzene rings is 1. The van der Waals surface area contributed by atoms with Gasteiger partial charge in [-0.3, -0.25) is 4.79 Å². The normalized spacial score (nSPS) is 20.2. The highest BCUT2D eigenvalue weighted by Gasteiger charge is 2.39. The van der Waals surface area contributed by atoms with Gasteiger partial charge >= 0.3 is 0 Å². The molecule has 0 radical (unpaired) electrons. The van der Waals surface area contributed by atoms with Crippen LogP contribution in [0.15, 0.2) is 41.0 Å². The number of rotatable bonds is 4. The Kier molecular flexibility index (Phi) is 5.90. The lowest BCUT2D eigenvalue weighted by Crippen LogP contribution is -2.38. The third-order valence-corrected chi connectivity index (χ3v) is 7.75. The first-order valence-electron chi connectivity index (χ1n) is 11.9.